The fourth-order valence-corrected chi connectivity index (χ4v) is 4.33. The Morgan fingerprint density at radius 3 is 2.67 bits per heavy atom. The van der Waals surface area contributed by atoms with Gasteiger partial charge in [0.2, 0.25) is 0 Å². The first kappa shape index (κ1) is 26.0. The van der Waals surface area contributed by atoms with E-state index in [1.165, 1.54) is 29.1 Å². The molecule has 5 aromatic rings. The van der Waals surface area contributed by atoms with E-state index in [1.54, 1.807) is 42.7 Å². The number of benzene rings is 2. The van der Waals surface area contributed by atoms with Crippen LogP contribution in [0.5, 0.6) is 0 Å². The van der Waals surface area contributed by atoms with E-state index < -0.39 is 23.3 Å². The SMILES string of the molecule is C=C(OCC)c1cnn(-c2ccc(NC(=O)c3cnn(-c4cccc5ncccc45)c3C(F)(F)F)cc2Cl)c1. The number of pyridine rings is 1. The maximum absolute atomic E-state index is 14.2. The van der Waals surface area contributed by atoms with Gasteiger partial charge in [-0.25, -0.2) is 9.36 Å². The number of carbonyl (C=O) groups is 1. The maximum atomic E-state index is 14.2. The number of carbonyl (C=O) groups excluding carboxylic acids is 1. The van der Waals surface area contributed by atoms with Crippen molar-refractivity contribution in [2.45, 2.75) is 13.1 Å². The summed E-state index contributed by atoms with van der Waals surface area (Å²) < 4.78 is 50.3. The molecule has 0 radical (unpaired) electrons. The van der Waals surface area contributed by atoms with Crippen LogP contribution < -0.4 is 5.32 Å². The maximum Gasteiger partial charge on any atom is 0.434 e. The van der Waals surface area contributed by atoms with Gasteiger partial charge in [-0.15, -0.1) is 0 Å². The number of ether oxygens (including phenoxy) is 1. The van der Waals surface area contributed by atoms with Crippen molar-refractivity contribution >= 4 is 39.9 Å². The van der Waals surface area contributed by atoms with E-state index in [4.69, 9.17) is 16.3 Å². The van der Waals surface area contributed by atoms with Crippen molar-refractivity contribution in [3.8, 4) is 11.4 Å². The summed E-state index contributed by atoms with van der Waals surface area (Å²) in [6.07, 6.45) is 0.785. The van der Waals surface area contributed by atoms with Crippen molar-refractivity contribution in [2.75, 3.05) is 11.9 Å². The molecule has 12 heteroatoms. The lowest BCUT2D eigenvalue weighted by atomic mass is 10.1. The summed E-state index contributed by atoms with van der Waals surface area (Å²) in [5.74, 6) is -0.547. The first-order valence-corrected chi connectivity index (χ1v) is 12.0. The van der Waals surface area contributed by atoms with Crippen molar-refractivity contribution < 1.29 is 22.7 Å². The molecule has 0 saturated heterocycles. The van der Waals surface area contributed by atoms with E-state index in [-0.39, 0.29) is 16.4 Å². The van der Waals surface area contributed by atoms with Gasteiger partial charge in [0, 0.05) is 23.5 Å². The third kappa shape index (κ3) is 5.08. The van der Waals surface area contributed by atoms with Crippen molar-refractivity contribution in [3.63, 3.8) is 0 Å². The number of halogens is 4. The number of hydrogen-bond donors (Lipinski definition) is 1. The van der Waals surface area contributed by atoms with Crippen LogP contribution in [0.1, 0.15) is 28.5 Å². The molecule has 0 spiro atoms. The Balaban J connectivity index is 1.45. The Morgan fingerprint density at radius 1 is 1.10 bits per heavy atom. The van der Waals surface area contributed by atoms with E-state index in [1.807, 2.05) is 6.92 Å². The standard InChI is InChI=1S/C27H20ClF3N6O2/c1-3-39-16(2)17-13-33-36(15-17)24-10-9-18(12-21(24)28)35-26(38)20-14-34-37(25(20)27(29,30)31)23-8-4-7-22-19(23)6-5-11-32-22/h4-15H,2-3H2,1H3,(H,35,38). The third-order valence-corrected chi connectivity index (χ3v) is 6.11. The number of rotatable bonds is 7. The van der Waals surface area contributed by atoms with Gasteiger partial charge in [0.15, 0.2) is 5.69 Å². The van der Waals surface area contributed by atoms with E-state index in [0.29, 0.717) is 39.2 Å². The predicted octanol–water partition coefficient (Wildman–Crippen LogP) is 6.54. The van der Waals surface area contributed by atoms with E-state index in [0.717, 1.165) is 6.20 Å². The van der Waals surface area contributed by atoms with Gasteiger partial charge >= 0.3 is 6.18 Å². The minimum absolute atomic E-state index is 0.144. The van der Waals surface area contributed by atoms with Crippen LogP contribution in [-0.4, -0.2) is 37.1 Å². The molecule has 0 aliphatic carbocycles. The number of amides is 1. The molecule has 5 rings (SSSR count). The molecule has 39 heavy (non-hydrogen) atoms. The van der Waals surface area contributed by atoms with Crippen molar-refractivity contribution in [2.24, 2.45) is 0 Å². The normalized spacial score (nSPS) is 11.5. The Labute approximate surface area is 225 Å². The Bertz CT molecular complexity index is 1700. The predicted molar refractivity (Wildman–Crippen MR) is 141 cm³/mol. The molecular weight excluding hydrogens is 533 g/mol. The molecule has 3 aromatic heterocycles. The average Bonchev–Trinajstić information content (AvgIpc) is 3.57. The molecule has 2 aromatic carbocycles. The second-order valence-corrected chi connectivity index (χ2v) is 8.72. The zero-order chi connectivity index (χ0) is 27.7. The largest absolute Gasteiger partial charge is 0.494 e. The van der Waals surface area contributed by atoms with Crippen LogP contribution in [0, 0.1) is 0 Å². The lowest BCUT2D eigenvalue weighted by molar-refractivity contribution is -0.143. The lowest BCUT2D eigenvalue weighted by Crippen LogP contribution is -2.21. The summed E-state index contributed by atoms with van der Waals surface area (Å²) in [6.45, 7) is 6.12. The van der Waals surface area contributed by atoms with Crippen LogP contribution in [0.3, 0.4) is 0 Å². The second-order valence-electron chi connectivity index (χ2n) is 8.31. The van der Waals surface area contributed by atoms with Gasteiger partial charge in [-0.05, 0) is 49.4 Å². The van der Waals surface area contributed by atoms with E-state index in [9.17, 15) is 18.0 Å². The highest BCUT2D eigenvalue weighted by Gasteiger charge is 2.41. The number of aromatic nitrogens is 5. The van der Waals surface area contributed by atoms with Gasteiger partial charge in [-0.3, -0.25) is 9.78 Å². The van der Waals surface area contributed by atoms with Crippen molar-refractivity contribution in [3.05, 3.63) is 102 Å². The minimum atomic E-state index is -4.88. The molecule has 0 fully saturated rings. The number of fused-ring (bicyclic) bond motifs is 1. The topological polar surface area (TPSA) is 86.9 Å². The van der Waals surface area contributed by atoms with Gasteiger partial charge < -0.3 is 10.1 Å². The molecule has 0 aliphatic rings. The number of alkyl halides is 3. The van der Waals surface area contributed by atoms with E-state index >= 15 is 0 Å². The first-order chi connectivity index (χ1) is 18.7. The summed E-state index contributed by atoms with van der Waals surface area (Å²) in [7, 11) is 0. The highest BCUT2D eigenvalue weighted by Crippen LogP contribution is 2.35. The molecule has 8 nitrogen and oxygen atoms in total. The fraction of sp³-hybridized carbons (Fsp3) is 0.111. The summed E-state index contributed by atoms with van der Waals surface area (Å²) in [6, 6.07) is 12.5. The van der Waals surface area contributed by atoms with Crippen LogP contribution in [0.25, 0.3) is 28.0 Å². The van der Waals surface area contributed by atoms with Crippen LogP contribution in [-0.2, 0) is 10.9 Å². The number of hydrogen-bond acceptors (Lipinski definition) is 5. The van der Waals surface area contributed by atoms with Crippen LogP contribution in [0.4, 0.5) is 18.9 Å². The summed E-state index contributed by atoms with van der Waals surface area (Å²) in [5, 5.41) is 11.3. The monoisotopic (exact) mass is 552 g/mol. The highest BCUT2D eigenvalue weighted by molar-refractivity contribution is 6.32. The Kier molecular flexibility index (Phi) is 6.83. The average molecular weight is 553 g/mol. The van der Waals surface area contributed by atoms with E-state index in [2.05, 4.69) is 27.1 Å². The molecule has 3 heterocycles. The smallest absolute Gasteiger partial charge is 0.434 e. The van der Waals surface area contributed by atoms with Crippen LogP contribution in [0.2, 0.25) is 5.02 Å². The highest BCUT2D eigenvalue weighted by atomic mass is 35.5. The summed E-state index contributed by atoms with van der Waals surface area (Å²) in [4.78, 5) is 17.2. The van der Waals surface area contributed by atoms with Gasteiger partial charge in [0.25, 0.3) is 5.91 Å². The van der Waals surface area contributed by atoms with Crippen LogP contribution >= 0.6 is 11.6 Å². The summed E-state index contributed by atoms with van der Waals surface area (Å²) >= 11 is 6.42. The first-order valence-electron chi connectivity index (χ1n) is 11.6. The molecule has 0 bridgehead atoms. The van der Waals surface area contributed by atoms with Crippen molar-refractivity contribution in [1.29, 1.82) is 0 Å². The van der Waals surface area contributed by atoms with Gasteiger partial charge in [0.1, 0.15) is 5.76 Å². The third-order valence-electron chi connectivity index (χ3n) is 5.81. The molecule has 0 aliphatic heterocycles. The quantitative estimate of drug-likeness (QED) is 0.232. The molecule has 0 saturated carbocycles. The van der Waals surface area contributed by atoms with Gasteiger partial charge in [-0.1, -0.05) is 24.2 Å². The van der Waals surface area contributed by atoms with Gasteiger partial charge in [0.05, 0.1) is 52.0 Å². The lowest BCUT2D eigenvalue weighted by Gasteiger charge is -2.14. The Hall–Kier alpha value is -4.64. The molecular formula is C27H20ClF3N6O2. The zero-order valence-electron chi connectivity index (χ0n) is 20.4. The summed E-state index contributed by atoms with van der Waals surface area (Å²) in [5.41, 5.74) is 0.112. The van der Waals surface area contributed by atoms with Crippen LogP contribution in [0.15, 0.2) is 79.9 Å². The minimum Gasteiger partial charge on any atom is -0.494 e. The number of nitrogens with zero attached hydrogens (tertiary/aromatic N) is 5. The fourth-order valence-electron chi connectivity index (χ4n) is 4.07. The molecule has 0 atom stereocenters. The van der Waals surface area contributed by atoms with Gasteiger partial charge in [-0.2, -0.15) is 23.4 Å². The Morgan fingerprint density at radius 2 is 1.92 bits per heavy atom. The molecule has 0 unspecified atom stereocenters. The van der Waals surface area contributed by atoms with Crippen molar-refractivity contribution in [1.82, 2.24) is 24.5 Å². The molecule has 1 N–H and O–H groups in total. The molecule has 1 amide bonds. The zero-order valence-corrected chi connectivity index (χ0v) is 21.2. The number of nitrogens with one attached hydrogen (secondary N) is 1. The second kappa shape index (κ2) is 10.3. The molecule has 198 valence electrons. The number of anilines is 1.